The third-order valence-corrected chi connectivity index (χ3v) is 5.62. The minimum Gasteiger partial charge on any atom is -0.456 e. The zero-order valence-corrected chi connectivity index (χ0v) is 15.2. The molecule has 2 nitrogen and oxygen atoms in total. The smallest absolute Gasteiger partial charge is 0.138 e. The lowest BCUT2D eigenvalue weighted by Crippen LogP contribution is -1.99. The molecule has 0 saturated heterocycles. The summed E-state index contributed by atoms with van der Waals surface area (Å²) in [4.78, 5) is 4.75. The normalized spacial score (nSPS) is 12.4. The standard InChI is InChI=1S/C25H17NO/c1-14-9-15(2)19-13-23-24-18(7-8-26-25(24)21(19)10-14)20-11-16-5-3-4-6-17(16)12-22(20)27-23/h3-13H,1-2H3. The van der Waals surface area contributed by atoms with Gasteiger partial charge >= 0.3 is 0 Å². The predicted molar refractivity (Wildman–Crippen MR) is 112 cm³/mol. The van der Waals surface area contributed by atoms with E-state index < -0.39 is 0 Å². The van der Waals surface area contributed by atoms with Gasteiger partial charge in [0.1, 0.15) is 11.5 Å². The van der Waals surface area contributed by atoms with Crippen molar-refractivity contribution in [2.45, 2.75) is 13.8 Å². The van der Waals surface area contributed by atoms with Crippen LogP contribution in [0.1, 0.15) is 11.1 Å². The molecule has 1 aliphatic heterocycles. The number of aryl methyl sites for hydroxylation is 2. The summed E-state index contributed by atoms with van der Waals surface area (Å²) in [6.45, 7) is 4.29. The Morgan fingerprint density at radius 2 is 1.56 bits per heavy atom. The molecular weight excluding hydrogens is 330 g/mol. The molecule has 0 N–H and O–H groups in total. The van der Waals surface area contributed by atoms with Crippen molar-refractivity contribution in [3.63, 3.8) is 0 Å². The maximum atomic E-state index is 6.41. The first kappa shape index (κ1) is 14.7. The summed E-state index contributed by atoms with van der Waals surface area (Å²) in [6, 6.07) is 21.5. The molecule has 0 radical (unpaired) electrons. The van der Waals surface area contributed by atoms with Crippen molar-refractivity contribution in [2.75, 3.05) is 0 Å². The van der Waals surface area contributed by atoms with E-state index in [0.717, 1.165) is 28.0 Å². The van der Waals surface area contributed by atoms with Crippen LogP contribution in [0.3, 0.4) is 0 Å². The number of hydrogen-bond donors (Lipinski definition) is 0. The van der Waals surface area contributed by atoms with Crippen LogP contribution in [0.4, 0.5) is 0 Å². The van der Waals surface area contributed by atoms with Crippen LogP contribution in [0.5, 0.6) is 11.5 Å². The van der Waals surface area contributed by atoms with Crippen LogP contribution in [0, 0.1) is 13.8 Å². The Balaban J connectivity index is 1.79. The highest BCUT2D eigenvalue weighted by molar-refractivity contribution is 6.15. The fraction of sp³-hybridized carbons (Fsp3) is 0.0800. The highest BCUT2D eigenvalue weighted by Gasteiger charge is 2.23. The number of pyridine rings is 1. The van der Waals surface area contributed by atoms with Crippen molar-refractivity contribution < 1.29 is 4.74 Å². The van der Waals surface area contributed by atoms with Gasteiger partial charge in [-0.2, -0.15) is 0 Å². The van der Waals surface area contributed by atoms with E-state index in [4.69, 9.17) is 9.72 Å². The van der Waals surface area contributed by atoms with Gasteiger partial charge < -0.3 is 4.74 Å². The van der Waals surface area contributed by atoms with Gasteiger partial charge in [0.25, 0.3) is 0 Å². The molecule has 2 heteroatoms. The molecule has 4 aromatic carbocycles. The molecule has 0 spiro atoms. The SMILES string of the molecule is Cc1cc(C)c2cc3c4c(ccnc4c2c1)-c1cc2ccccc2cc1O3. The van der Waals surface area contributed by atoms with Gasteiger partial charge in [0.05, 0.1) is 10.9 Å². The zero-order chi connectivity index (χ0) is 18.1. The predicted octanol–water partition coefficient (Wildman–Crippen LogP) is 6.93. The fourth-order valence-corrected chi connectivity index (χ4v) is 4.42. The second kappa shape index (κ2) is 5.08. The molecule has 1 aliphatic rings. The van der Waals surface area contributed by atoms with Crippen LogP contribution in [0.25, 0.3) is 43.6 Å². The van der Waals surface area contributed by atoms with Gasteiger partial charge in [-0.05, 0) is 65.9 Å². The van der Waals surface area contributed by atoms with Crippen LogP contribution < -0.4 is 4.74 Å². The van der Waals surface area contributed by atoms with Crippen molar-refractivity contribution in [1.29, 1.82) is 0 Å². The second-order valence-corrected chi connectivity index (χ2v) is 7.43. The first-order valence-electron chi connectivity index (χ1n) is 9.23. The molecule has 27 heavy (non-hydrogen) atoms. The molecule has 0 atom stereocenters. The summed E-state index contributed by atoms with van der Waals surface area (Å²) < 4.78 is 6.41. The summed E-state index contributed by atoms with van der Waals surface area (Å²) in [6.07, 6.45) is 1.92. The molecular formula is C25H17NO. The molecule has 0 unspecified atom stereocenters. The Hall–Kier alpha value is -3.39. The number of hydrogen-bond acceptors (Lipinski definition) is 2. The molecule has 2 heterocycles. The largest absolute Gasteiger partial charge is 0.456 e. The Bertz CT molecular complexity index is 1420. The molecule has 1 aromatic heterocycles. The van der Waals surface area contributed by atoms with E-state index >= 15 is 0 Å². The highest BCUT2D eigenvalue weighted by atomic mass is 16.5. The van der Waals surface area contributed by atoms with E-state index in [2.05, 4.69) is 74.5 Å². The Morgan fingerprint density at radius 1 is 0.741 bits per heavy atom. The molecule has 128 valence electrons. The maximum Gasteiger partial charge on any atom is 0.138 e. The van der Waals surface area contributed by atoms with Gasteiger partial charge in [0.15, 0.2) is 0 Å². The van der Waals surface area contributed by atoms with Gasteiger partial charge in [0.2, 0.25) is 0 Å². The molecule has 6 rings (SSSR count). The van der Waals surface area contributed by atoms with Crippen LogP contribution in [-0.2, 0) is 0 Å². The average Bonchev–Trinajstić information content (AvgIpc) is 2.68. The van der Waals surface area contributed by atoms with Gasteiger partial charge in [0, 0.05) is 22.7 Å². The van der Waals surface area contributed by atoms with Crippen molar-refractivity contribution in [3.8, 4) is 22.6 Å². The van der Waals surface area contributed by atoms with Crippen molar-refractivity contribution in [2.24, 2.45) is 0 Å². The van der Waals surface area contributed by atoms with Gasteiger partial charge in [-0.25, -0.2) is 0 Å². The van der Waals surface area contributed by atoms with Crippen LogP contribution >= 0.6 is 0 Å². The molecule has 0 aliphatic carbocycles. The Morgan fingerprint density at radius 3 is 2.41 bits per heavy atom. The Labute approximate surface area is 157 Å². The minimum absolute atomic E-state index is 0.898. The number of ether oxygens (including phenoxy) is 1. The summed E-state index contributed by atoms with van der Waals surface area (Å²) in [5.74, 6) is 1.81. The minimum atomic E-state index is 0.898. The molecule has 0 bridgehead atoms. The van der Waals surface area contributed by atoms with E-state index in [1.807, 2.05) is 6.20 Å². The summed E-state index contributed by atoms with van der Waals surface area (Å²) in [5, 5.41) is 5.93. The van der Waals surface area contributed by atoms with Crippen LogP contribution in [0.15, 0.2) is 66.9 Å². The third kappa shape index (κ3) is 1.98. The van der Waals surface area contributed by atoms with Gasteiger partial charge in [-0.1, -0.05) is 35.9 Å². The number of nitrogens with zero attached hydrogens (tertiary/aromatic N) is 1. The topological polar surface area (TPSA) is 22.1 Å². The van der Waals surface area contributed by atoms with E-state index in [9.17, 15) is 0 Å². The summed E-state index contributed by atoms with van der Waals surface area (Å²) >= 11 is 0. The molecule has 0 saturated carbocycles. The molecule has 0 fully saturated rings. The maximum absolute atomic E-state index is 6.41. The highest BCUT2D eigenvalue weighted by Crippen LogP contribution is 2.49. The zero-order valence-electron chi connectivity index (χ0n) is 15.2. The first-order chi connectivity index (χ1) is 13.2. The number of benzene rings is 4. The van der Waals surface area contributed by atoms with Crippen LogP contribution in [-0.4, -0.2) is 4.98 Å². The lowest BCUT2D eigenvalue weighted by Gasteiger charge is -2.23. The second-order valence-electron chi connectivity index (χ2n) is 7.43. The van der Waals surface area contributed by atoms with Gasteiger partial charge in [-0.15, -0.1) is 0 Å². The van der Waals surface area contributed by atoms with Gasteiger partial charge in [-0.3, -0.25) is 4.98 Å². The van der Waals surface area contributed by atoms with E-state index in [0.29, 0.717) is 0 Å². The van der Waals surface area contributed by atoms with E-state index in [-0.39, 0.29) is 0 Å². The number of rotatable bonds is 0. The summed E-state index contributed by atoms with van der Waals surface area (Å²) in [5.41, 5.74) is 5.86. The molecule has 5 aromatic rings. The van der Waals surface area contributed by atoms with Crippen LogP contribution in [0.2, 0.25) is 0 Å². The molecule has 0 amide bonds. The van der Waals surface area contributed by atoms with E-state index in [1.165, 1.54) is 38.2 Å². The quantitative estimate of drug-likeness (QED) is 0.278. The first-order valence-corrected chi connectivity index (χ1v) is 9.23. The Kier molecular flexibility index (Phi) is 2.77. The fourth-order valence-electron chi connectivity index (χ4n) is 4.42. The lowest BCUT2D eigenvalue weighted by atomic mass is 9.91. The van der Waals surface area contributed by atoms with E-state index in [1.54, 1.807) is 0 Å². The monoisotopic (exact) mass is 347 g/mol. The third-order valence-electron chi connectivity index (χ3n) is 5.62. The van der Waals surface area contributed by atoms with Crippen molar-refractivity contribution >= 4 is 32.4 Å². The lowest BCUT2D eigenvalue weighted by molar-refractivity contribution is 0.488. The van der Waals surface area contributed by atoms with Crippen molar-refractivity contribution in [3.05, 3.63) is 78.0 Å². The number of fused-ring (bicyclic) bond motifs is 5. The summed E-state index contributed by atoms with van der Waals surface area (Å²) in [7, 11) is 0. The average molecular weight is 347 g/mol. The van der Waals surface area contributed by atoms with Crippen molar-refractivity contribution in [1.82, 2.24) is 4.98 Å². The number of aromatic nitrogens is 1.